The number of hydrogen-bond donors (Lipinski definition) is 2. The predicted octanol–water partition coefficient (Wildman–Crippen LogP) is 6.69. The van der Waals surface area contributed by atoms with Gasteiger partial charge in [-0.05, 0) is 68.4 Å². The third-order valence-corrected chi connectivity index (χ3v) is 8.89. The first kappa shape index (κ1) is 26.5. The fraction of sp³-hybridized carbons (Fsp3) is 0.621. The molecule has 1 aliphatic carbocycles. The van der Waals surface area contributed by atoms with Gasteiger partial charge in [-0.25, -0.2) is 0 Å². The topological polar surface area (TPSA) is 56.3 Å². The zero-order chi connectivity index (χ0) is 25.5. The lowest BCUT2D eigenvalue weighted by molar-refractivity contribution is 0.435. The van der Waals surface area contributed by atoms with Crippen LogP contribution >= 0.6 is 23.8 Å². The van der Waals surface area contributed by atoms with Crippen LogP contribution in [0.5, 0.6) is 0 Å². The Labute approximate surface area is 232 Å². The fourth-order valence-electron chi connectivity index (χ4n) is 6.22. The van der Waals surface area contributed by atoms with E-state index in [2.05, 4.69) is 38.6 Å². The summed E-state index contributed by atoms with van der Waals surface area (Å²) in [6.45, 7) is 5.03. The molecule has 1 saturated carbocycles. The molecule has 0 bridgehead atoms. The van der Waals surface area contributed by atoms with E-state index in [1.165, 1.54) is 69.8 Å². The molecular formula is C29H41ClN6S. The third-order valence-electron chi connectivity index (χ3n) is 8.39. The summed E-state index contributed by atoms with van der Waals surface area (Å²) >= 11 is 12.0. The second-order valence-corrected chi connectivity index (χ2v) is 11.9. The smallest absolute Gasteiger partial charge is 0.232 e. The molecule has 0 spiro atoms. The number of thiocarbonyl (C=S) groups is 1. The molecule has 6 nitrogen and oxygen atoms in total. The van der Waals surface area contributed by atoms with Crippen molar-refractivity contribution in [1.29, 1.82) is 0 Å². The van der Waals surface area contributed by atoms with Gasteiger partial charge in [0.2, 0.25) is 5.95 Å². The molecule has 2 aromatic rings. The molecular weight excluding hydrogens is 500 g/mol. The molecule has 0 unspecified atom stereocenters. The number of hydrogen-bond acceptors (Lipinski definition) is 5. The zero-order valence-electron chi connectivity index (χ0n) is 22.0. The maximum atomic E-state index is 6.17. The van der Waals surface area contributed by atoms with Crippen molar-refractivity contribution in [2.45, 2.75) is 82.5 Å². The highest BCUT2D eigenvalue weighted by Gasteiger charge is 2.35. The monoisotopic (exact) mass is 540 g/mol. The van der Waals surface area contributed by atoms with Crippen molar-refractivity contribution in [2.75, 3.05) is 47.8 Å². The van der Waals surface area contributed by atoms with E-state index >= 15 is 0 Å². The van der Waals surface area contributed by atoms with Gasteiger partial charge >= 0.3 is 0 Å². The van der Waals surface area contributed by atoms with Crippen LogP contribution in [0.3, 0.4) is 0 Å². The first-order valence-corrected chi connectivity index (χ1v) is 15.1. The van der Waals surface area contributed by atoms with Gasteiger partial charge in [-0.3, -0.25) is 0 Å². The van der Waals surface area contributed by atoms with Crippen LogP contribution in [0.1, 0.15) is 82.6 Å². The maximum absolute atomic E-state index is 6.17. The molecule has 1 aromatic carbocycles. The van der Waals surface area contributed by atoms with Gasteiger partial charge in [-0.15, -0.1) is 0 Å². The van der Waals surface area contributed by atoms with Gasteiger partial charge < -0.3 is 20.4 Å². The van der Waals surface area contributed by atoms with Crippen molar-refractivity contribution in [3.8, 4) is 0 Å². The quantitative estimate of drug-likeness (QED) is 0.396. The first-order chi connectivity index (χ1) is 18.1. The first-order valence-electron chi connectivity index (χ1n) is 14.3. The minimum Gasteiger partial charge on any atom is -0.361 e. The summed E-state index contributed by atoms with van der Waals surface area (Å²) in [5, 5.41) is 8.26. The van der Waals surface area contributed by atoms with Crippen LogP contribution < -0.4 is 20.4 Å². The number of benzene rings is 1. The molecule has 5 rings (SSSR count). The summed E-state index contributed by atoms with van der Waals surface area (Å²) in [6, 6.07) is 10.5. The Morgan fingerprint density at radius 3 is 1.81 bits per heavy atom. The van der Waals surface area contributed by atoms with Gasteiger partial charge in [0.15, 0.2) is 5.11 Å². The minimum atomic E-state index is 0.0856. The summed E-state index contributed by atoms with van der Waals surface area (Å²) in [5.74, 6) is 2.65. The normalized spacial score (nSPS) is 20.2. The maximum Gasteiger partial charge on any atom is 0.232 e. The van der Waals surface area contributed by atoms with Crippen LogP contribution in [0.15, 0.2) is 30.3 Å². The van der Waals surface area contributed by atoms with E-state index in [-0.39, 0.29) is 5.41 Å². The molecule has 2 saturated heterocycles. The van der Waals surface area contributed by atoms with Crippen LogP contribution in [0.2, 0.25) is 5.02 Å². The summed E-state index contributed by atoms with van der Waals surface area (Å²) in [7, 11) is 0. The van der Waals surface area contributed by atoms with E-state index < -0.39 is 0 Å². The highest BCUT2D eigenvalue weighted by atomic mass is 35.5. The van der Waals surface area contributed by atoms with E-state index in [1.54, 1.807) is 0 Å². The Hall–Kier alpha value is -2.12. The lowest BCUT2D eigenvalue weighted by atomic mass is 9.79. The van der Waals surface area contributed by atoms with Crippen LogP contribution in [0, 0.1) is 0 Å². The Kier molecular flexibility index (Phi) is 9.03. The molecule has 3 aliphatic rings. The Bertz CT molecular complexity index is 985. The number of nitrogens with one attached hydrogen (secondary N) is 2. The second kappa shape index (κ2) is 12.6. The third kappa shape index (κ3) is 6.85. The van der Waals surface area contributed by atoms with Gasteiger partial charge in [-0.1, -0.05) is 62.3 Å². The highest BCUT2D eigenvalue weighted by molar-refractivity contribution is 7.80. The van der Waals surface area contributed by atoms with E-state index in [0.717, 1.165) is 62.2 Å². The van der Waals surface area contributed by atoms with Crippen molar-refractivity contribution in [1.82, 2.24) is 15.3 Å². The SMILES string of the molecule is S=C(NCC1(c2ccc(Cl)cc2)CCCC1)Nc1nc(N2CCCCCC2)cc(N2CCCCCC2)n1. The van der Waals surface area contributed by atoms with Crippen LogP contribution in [0.4, 0.5) is 17.6 Å². The average Bonchev–Trinajstić information content (AvgIpc) is 3.09. The molecule has 200 valence electrons. The second-order valence-electron chi connectivity index (χ2n) is 11.0. The van der Waals surface area contributed by atoms with Gasteiger partial charge in [-0.2, -0.15) is 9.97 Å². The van der Waals surface area contributed by atoms with E-state index in [0.29, 0.717) is 11.1 Å². The van der Waals surface area contributed by atoms with Gasteiger partial charge in [0.05, 0.1) is 0 Å². The predicted molar refractivity (Wildman–Crippen MR) is 159 cm³/mol. The number of nitrogens with zero attached hydrogens (tertiary/aromatic N) is 4. The molecule has 0 atom stereocenters. The van der Waals surface area contributed by atoms with Crippen molar-refractivity contribution in [3.63, 3.8) is 0 Å². The summed E-state index contributed by atoms with van der Waals surface area (Å²) in [5.41, 5.74) is 1.43. The molecule has 2 aliphatic heterocycles. The molecule has 1 aromatic heterocycles. The number of aromatic nitrogens is 2. The van der Waals surface area contributed by atoms with Crippen LogP contribution in [-0.4, -0.2) is 47.8 Å². The van der Waals surface area contributed by atoms with Crippen LogP contribution in [-0.2, 0) is 5.41 Å². The number of anilines is 3. The van der Waals surface area contributed by atoms with Crippen molar-refractivity contribution in [2.24, 2.45) is 0 Å². The van der Waals surface area contributed by atoms with Crippen LogP contribution in [0.25, 0.3) is 0 Å². The summed E-state index contributed by atoms with van der Waals surface area (Å²) < 4.78 is 0. The Balaban J connectivity index is 1.32. The Morgan fingerprint density at radius 1 is 0.784 bits per heavy atom. The van der Waals surface area contributed by atoms with Gasteiger partial charge in [0, 0.05) is 49.2 Å². The lowest BCUT2D eigenvalue weighted by Crippen LogP contribution is -2.41. The van der Waals surface area contributed by atoms with E-state index in [1.807, 2.05) is 12.1 Å². The van der Waals surface area contributed by atoms with E-state index in [4.69, 9.17) is 33.8 Å². The molecule has 0 amide bonds. The summed E-state index contributed by atoms with van der Waals surface area (Å²) in [4.78, 5) is 14.8. The fourth-order valence-corrected chi connectivity index (χ4v) is 6.51. The molecule has 8 heteroatoms. The van der Waals surface area contributed by atoms with Gasteiger partial charge in [0.1, 0.15) is 11.6 Å². The van der Waals surface area contributed by atoms with Crippen molar-refractivity contribution >= 4 is 46.5 Å². The Morgan fingerprint density at radius 2 is 1.30 bits per heavy atom. The minimum absolute atomic E-state index is 0.0856. The average molecular weight is 541 g/mol. The van der Waals surface area contributed by atoms with Gasteiger partial charge in [0.25, 0.3) is 0 Å². The molecule has 37 heavy (non-hydrogen) atoms. The lowest BCUT2D eigenvalue weighted by Gasteiger charge is -2.31. The molecule has 3 fully saturated rings. The van der Waals surface area contributed by atoms with Crippen molar-refractivity contribution in [3.05, 3.63) is 40.9 Å². The molecule has 2 N–H and O–H groups in total. The van der Waals surface area contributed by atoms with E-state index in [9.17, 15) is 0 Å². The number of rotatable bonds is 6. The molecule has 0 radical (unpaired) electrons. The zero-order valence-corrected chi connectivity index (χ0v) is 23.6. The standard InChI is InChI=1S/C29H41ClN6S/c30-24-13-11-23(12-14-24)29(15-5-6-16-29)22-31-28(37)34-27-32-25(35-17-7-1-2-8-18-35)21-26(33-27)36-19-9-3-4-10-20-36/h11-14,21H,1-10,15-20,22H2,(H2,31,32,33,34,37). The number of halogens is 1. The molecule has 3 heterocycles. The van der Waals surface area contributed by atoms with Crippen molar-refractivity contribution < 1.29 is 0 Å². The largest absolute Gasteiger partial charge is 0.361 e. The highest BCUT2D eigenvalue weighted by Crippen LogP contribution is 2.41. The summed E-state index contributed by atoms with van der Waals surface area (Å²) in [6.07, 6.45) is 14.9.